The van der Waals surface area contributed by atoms with Crippen LogP contribution in [0.4, 0.5) is 5.69 Å². The van der Waals surface area contributed by atoms with Crippen LogP contribution in [0.2, 0.25) is 0 Å². The van der Waals surface area contributed by atoms with Gasteiger partial charge in [0.25, 0.3) is 5.56 Å². The zero-order valence-corrected chi connectivity index (χ0v) is 12.9. The van der Waals surface area contributed by atoms with Gasteiger partial charge in [0.1, 0.15) is 5.69 Å². The molecule has 122 valence electrons. The van der Waals surface area contributed by atoms with Gasteiger partial charge in [-0.2, -0.15) is 5.10 Å². The molecule has 4 heterocycles. The number of nitrogens with zero attached hydrogens (tertiary/aromatic N) is 4. The molecule has 1 aliphatic heterocycles. The summed E-state index contributed by atoms with van der Waals surface area (Å²) >= 11 is 0. The molecule has 0 radical (unpaired) electrons. The minimum atomic E-state index is -0.524. The predicted octanol–water partition coefficient (Wildman–Crippen LogP) is 0.762. The third kappa shape index (κ3) is 1.85. The van der Waals surface area contributed by atoms with Gasteiger partial charge in [0.2, 0.25) is 0 Å². The van der Waals surface area contributed by atoms with Gasteiger partial charge < -0.3 is 9.88 Å². The molecule has 0 bridgehead atoms. The monoisotopic (exact) mass is 324 g/mol. The molecule has 2 unspecified atom stereocenters. The first-order valence-corrected chi connectivity index (χ1v) is 8.14. The summed E-state index contributed by atoms with van der Waals surface area (Å²) in [5.41, 5.74) is 1.69. The average molecular weight is 324 g/mol. The highest BCUT2D eigenvalue weighted by molar-refractivity contribution is 5.75. The largest absolute Gasteiger partial charge is 0.365 e. The Kier molecular flexibility index (Phi) is 2.70. The Morgan fingerprint density at radius 3 is 3.00 bits per heavy atom. The van der Waals surface area contributed by atoms with Crippen LogP contribution in [0.15, 0.2) is 34.2 Å². The number of hydrogen-bond acceptors (Lipinski definition) is 5. The topological polar surface area (TPSA) is 99.2 Å². The Hall–Kier alpha value is -2.90. The SMILES string of the molecule is O=c1[nH]cc(-c2cc(N3CC4CCCC43)c3nccn3n2)c(=O)[nH]1. The summed E-state index contributed by atoms with van der Waals surface area (Å²) in [6.07, 6.45) is 8.66. The second-order valence-electron chi connectivity index (χ2n) is 6.51. The molecule has 0 spiro atoms. The summed E-state index contributed by atoms with van der Waals surface area (Å²) in [6, 6.07) is 2.47. The Morgan fingerprint density at radius 2 is 2.17 bits per heavy atom. The average Bonchev–Trinajstić information content (AvgIpc) is 3.14. The Labute approximate surface area is 136 Å². The lowest BCUT2D eigenvalue weighted by Crippen LogP contribution is -2.53. The second-order valence-corrected chi connectivity index (χ2v) is 6.51. The summed E-state index contributed by atoms with van der Waals surface area (Å²) in [4.78, 5) is 34.9. The first-order chi connectivity index (χ1) is 11.7. The standard InChI is InChI=1S/C16H16N6O2/c23-15-10(7-18-16(24)19-15)11-6-13(14-17-4-5-22(14)20-11)21-8-9-2-1-3-12(9)21/h4-7,9,12H,1-3,8H2,(H2,18,19,23,24). The maximum atomic E-state index is 12.1. The minimum Gasteiger partial charge on any atom is -0.365 e. The third-order valence-electron chi connectivity index (χ3n) is 5.19. The maximum absolute atomic E-state index is 12.1. The van der Waals surface area contributed by atoms with Crippen LogP contribution >= 0.6 is 0 Å². The van der Waals surface area contributed by atoms with Crippen LogP contribution in [0.1, 0.15) is 19.3 Å². The molecule has 1 saturated heterocycles. The van der Waals surface area contributed by atoms with Gasteiger partial charge >= 0.3 is 5.69 Å². The van der Waals surface area contributed by atoms with Crippen molar-refractivity contribution in [2.75, 3.05) is 11.4 Å². The number of rotatable bonds is 2. The van der Waals surface area contributed by atoms with E-state index < -0.39 is 11.2 Å². The molecule has 2 aliphatic rings. The summed E-state index contributed by atoms with van der Waals surface area (Å²) < 4.78 is 1.69. The maximum Gasteiger partial charge on any atom is 0.325 e. The van der Waals surface area contributed by atoms with Crippen LogP contribution in [0.25, 0.3) is 16.9 Å². The van der Waals surface area contributed by atoms with E-state index in [-0.39, 0.29) is 0 Å². The van der Waals surface area contributed by atoms with Crippen LogP contribution in [0.5, 0.6) is 0 Å². The van der Waals surface area contributed by atoms with E-state index in [2.05, 4.69) is 25.0 Å². The van der Waals surface area contributed by atoms with Crippen molar-refractivity contribution in [3.8, 4) is 11.3 Å². The smallest absolute Gasteiger partial charge is 0.325 e. The van der Waals surface area contributed by atoms with Gasteiger partial charge in [-0.1, -0.05) is 6.42 Å². The van der Waals surface area contributed by atoms with E-state index in [1.165, 1.54) is 25.5 Å². The van der Waals surface area contributed by atoms with Crippen molar-refractivity contribution >= 4 is 11.3 Å². The fourth-order valence-corrected chi connectivity index (χ4v) is 4.01. The van der Waals surface area contributed by atoms with E-state index in [0.29, 0.717) is 17.3 Å². The predicted molar refractivity (Wildman–Crippen MR) is 88.1 cm³/mol. The van der Waals surface area contributed by atoms with E-state index in [1.807, 2.05) is 6.07 Å². The van der Waals surface area contributed by atoms with E-state index in [9.17, 15) is 9.59 Å². The number of aromatic amines is 2. The van der Waals surface area contributed by atoms with Gasteiger partial charge in [-0.15, -0.1) is 0 Å². The van der Waals surface area contributed by atoms with Crippen molar-refractivity contribution < 1.29 is 0 Å². The number of imidazole rings is 1. The summed E-state index contributed by atoms with van der Waals surface area (Å²) in [6.45, 7) is 1.03. The quantitative estimate of drug-likeness (QED) is 0.725. The highest BCUT2D eigenvalue weighted by Crippen LogP contribution is 2.43. The molecule has 1 aliphatic carbocycles. The van der Waals surface area contributed by atoms with Crippen LogP contribution in [0, 0.1) is 5.92 Å². The van der Waals surface area contributed by atoms with Gasteiger partial charge in [-0.25, -0.2) is 14.3 Å². The second kappa shape index (κ2) is 4.80. The molecule has 3 aromatic heterocycles. The van der Waals surface area contributed by atoms with Crippen molar-refractivity contribution in [1.29, 1.82) is 0 Å². The molecular weight excluding hydrogens is 308 g/mol. The number of hydrogen-bond donors (Lipinski definition) is 2. The zero-order chi connectivity index (χ0) is 16.3. The lowest BCUT2D eigenvalue weighted by atomic mass is 9.91. The van der Waals surface area contributed by atoms with Crippen LogP contribution in [-0.2, 0) is 0 Å². The lowest BCUT2D eigenvalue weighted by Gasteiger charge is -2.46. The Morgan fingerprint density at radius 1 is 1.25 bits per heavy atom. The molecule has 2 fully saturated rings. The van der Waals surface area contributed by atoms with E-state index in [0.717, 1.165) is 23.8 Å². The molecule has 3 aromatic rings. The normalized spacial score (nSPS) is 22.6. The molecule has 5 rings (SSSR count). The number of nitrogens with one attached hydrogen (secondary N) is 2. The summed E-state index contributed by atoms with van der Waals surface area (Å²) in [7, 11) is 0. The fraction of sp³-hybridized carbons (Fsp3) is 0.375. The highest BCUT2D eigenvalue weighted by atomic mass is 16.2. The van der Waals surface area contributed by atoms with Crippen LogP contribution in [0.3, 0.4) is 0 Å². The third-order valence-corrected chi connectivity index (χ3v) is 5.19. The molecule has 0 amide bonds. The summed E-state index contributed by atoms with van der Waals surface area (Å²) in [5.74, 6) is 0.771. The number of anilines is 1. The molecule has 2 N–H and O–H groups in total. The highest BCUT2D eigenvalue weighted by Gasteiger charge is 2.43. The molecule has 8 nitrogen and oxygen atoms in total. The fourth-order valence-electron chi connectivity index (χ4n) is 4.01. The first kappa shape index (κ1) is 13.5. The van der Waals surface area contributed by atoms with Gasteiger partial charge in [0, 0.05) is 31.2 Å². The molecule has 2 atom stereocenters. The number of H-pyrrole nitrogens is 2. The molecular formula is C16H16N6O2. The van der Waals surface area contributed by atoms with Crippen molar-refractivity contribution in [3.63, 3.8) is 0 Å². The molecule has 1 saturated carbocycles. The minimum absolute atomic E-state index is 0.343. The number of fused-ring (bicyclic) bond motifs is 2. The molecule has 24 heavy (non-hydrogen) atoms. The lowest BCUT2D eigenvalue weighted by molar-refractivity contribution is 0.339. The van der Waals surface area contributed by atoms with Gasteiger partial charge in [0.05, 0.1) is 11.3 Å². The van der Waals surface area contributed by atoms with E-state index in [1.54, 1.807) is 16.9 Å². The molecule has 0 aromatic carbocycles. The Balaban J connectivity index is 1.68. The first-order valence-electron chi connectivity index (χ1n) is 8.14. The zero-order valence-electron chi connectivity index (χ0n) is 12.9. The van der Waals surface area contributed by atoms with E-state index >= 15 is 0 Å². The van der Waals surface area contributed by atoms with E-state index in [4.69, 9.17) is 0 Å². The van der Waals surface area contributed by atoms with Gasteiger partial charge in [0.15, 0.2) is 5.65 Å². The number of aromatic nitrogens is 5. The Bertz CT molecular complexity index is 1050. The van der Waals surface area contributed by atoms with Crippen molar-refractivity contribution in [2.45, 2.75) is 25.3 Å². The summed E-state index contributed by atoms with van der Waals surface area (Å²) in [5, 5.41) is 4.47. The molecule has 8 heteroatoms. The van der Waals surface area contributed by atoms with Crippen molar-refractivity contribution in [1.82, 2.24) is 24.6 Å². The van der Waals surface area contributed by atoms with Crippen LogP contribution in [-0.4, -0.2) is 37.2 Å². The van der Waals surface area contributed by atoms with Crippen molar-refractivity contribution in [2.24, 2.45) is 5.92 Å². The van der Waals surface area contributed by atoms with Gasteiger partial charge in [-0.05, 0) is 24.8 Å². The van der Waals surface area contributed by atoms with Crippen LogP contribution < -0.4 is 16.1 Å². The van der Waals surface area contributed by atoms with Crippen molar-refractivity contribution in [3.05, 3.63) is 45.5 Å². The van der Waals surface area contributed by atoms with Gasteiger partial charge in [-0.3, -0.25) is 9.78 Å².